The standard InChI is InChI=1S/C16H23N3O2/c1-9-7-10(2)18-15(20)13(9)8-17-16(21)19-14(11-3-4-11)12-5-6-12/h7,11-12,14H,3-6,8H2,1-2H3,(H,18,20)(H2,17,19,21). The lowest BCUT2D eigenvalue weighted by Gasteiger charge is -2.18. The number of aromatic amines is 1. The highest BCUT2D eigenvalue weighted by Gasteiger charge is 2.42. The van der Waals surface area contributed by atoms with E-state index in [1.165, 1.54) is 25.7 Å². The van der Waals surface area contributed by atoms with Gasteiger partial charge in [-0.2, -0.15) is 0 Å². The van der Waals surface area contributed by atoms with Gasteiger partial charge < -0.3 is 15.6 Å². The number of rotatable bonds is 5. The molecule has 2 saturated carbocycles. The molecule has 2 aliphatic rings. The highest BCUT2D eigenvalue weighted by molar-refractivity contribution is 5.74. The number of hydrogen-bond donors (Lipinski definition) is 3. The lowest BCUT2D eigenvalue weighted by Crippen LogP contribution is -2.44. The van der Waals surface area contributed by atoms with Gasteiger partial charge in [-0.3, -0.25) is 4.79 Å². The molecule has 0 radical (unpaired) electrons. The first kappa shape index (κ1) is 14.2. The van der Waals surface area contributed by atoms with Gasteiger partial charge in [-0.05, 0) is 63.0 Å². The third kappa shape index (κ3) is 3.46. The molecule has 3 N–H and O–H groups in total. The minimum atomic E-state index is -0.154. The maximum atomic E-state index is 12.0. The zero-order valence-corrected chi connectivity index (χ0v) is 12.7. The molecule has 0 unspecified atom stereocenters. The van der Waals surface area contributed by atoms with Gasteiger partial charge in [-0.15, -0.1) is 0 Å². The summed E-state index contributed by atoms with van der Waals surface area (Å²) in [6.45, 7) is 4.03. The van der Waals surface area contributed by atoms with Crippen molar-refractivity contribution in [2.45, 2.75) is 52.1 Å². The molecule has 2 aliphatic carbocycles. The number of urea groups is 1. The fraction of sp³-hybridized carbons (Fsp3) is 0.625. The molecule has 0 saturated heterocycles. The number of aromatic nitrogens is 1. The number of aryl methyl sites for hydroxylation is 2. The third-order valence-electron chi connectivity index (χ3n) is 4.48. The van der Waals surface area contributed by atoms with E-state index in [0.29, 0.717) is 23.4 Å². The summed E-state index contributed by atoms with van der Waals surface area (Å²) in [5.74, 6) is 1.35. The quantitative estimate of drug-likeness (QED) is 0.775. The van der Waals surface area contributed by atoms with Crippen molar-refractivity contribution in [1.29, 1.82) is 0 Å². The minimum absolute atomic E-state index is 0.117. The molecule has 114 valence electrons. The Balaban J connectivity index is 1.57. The Hall–Kier alpha value is -1.78. The van der Waals surface area contributed by atoms with E-state index in [9.17, 15) is 9.59 Å². The van der Waals surface area contributed by atoms with E-state index >= 15 is 0 Å². The van der Waals surface area contributed by atoms with Crippen LogP contribution < -0.4 is 16.2 Å². The SMILES string of the molecule is Cc1cc(C)c(CNC(=O)NC(C2CC2)C2CC2)c(=O)[nH]1. The number of pyridine rings is 1. The fourth-order valence-electron chi connectivity index (χ4n) is 3.00. The molecule has 3 rings (SSSR count). The van der Waals surface area contributed by atoms with Crippen LogP contribution in [0.3, 0.4) is 0 Å². The zero-order chi connectivity index (χ0) is 15.0. The monoisotopic (exact) mass is 289 g/mol. The van der Waals surface area contributed by atoms with Crippen LogP contribution in [-0.2, 0) is 6.54 Å². The molecule has 2 fully saturated rings. The minimum Gasteiger partial charge on any atom is -0.335 e. The summed E-state index contributed by atoms with van der Waals surface area (Å²) in [4.78, 5) is 26.7. The first-order valence-corrected chi connectivity index (χ1v) is 7.78. The van der Waals surface area contributed by atoms with E-state index in [4.69, 9.17) is 0 Å². The summed E-state index contributed by atoms with van der Waals surface area (Å²) >= 11 is 0. The predicted octanol–water partition coefficient (Wildman–Crippen LogP) is 1.98. The second-order valence-electron chi connectivity index (χ2n) is 6.47. The van der Waals surface area contributed by atoms with Crippen molar-refractivity contribution in [2.75, 3.05) is 0 Å². The molecule has 0 aliphatic heterocycles. The summed E-state index contributed by atoms with van der Waals surface area (Å²) in [5, 5.41) is 5.92. The van der Waals surface area contributed by atoms with Gasteiger partial charge in [0.05, 0.1) is 6.54 Å². The van der Waals surface area contributed by atoms with Crippen LogP contribution in [0, 0.1) is 25.7 Å². The molecule has 1 aromatic heterocycles. The van der Waals surface area contributed by atoms with Gasteiger partial charge in [0.1, 0.15) is 0 Å². The van der Waals surface area contributed by atoms with Crippen LogP contribution in [0.4, 0.5) is 4.79 Å². The van der Waals surface area contributed by atoms with E-state index < -0.39 is 0 Å². The van der Waals surface area contributed by atoms with Crippen molar-refractivity contribution < 1.29 is 4.79 Å². The Morgan fingerprint density at radius 3 is 2.43 bits per heavy atom. The summed E-state index contributed by atoms with van der Waals surface area (Å²) in [6.07, 6.45) is 4.94. The smallest absolute Gasteiger partial charge is 0.315 e. The Bertz CT molecular complexity index is 588. The average molecular weight is 289 g/mol. The number of hydrogen-bond acceptors (Lipinski definition) is 2. The molecule has 0 aromatic carbocycles. The van der Waals surface area contributed by atoms with Gasteiger partial charge in [-0.1, -0.05) is 0 Å². The Morgan fingerprint density at radius 1 is 1.29 bits per heavy atom. The Kier molecular flexibility index (Phi) is 3.74. The molecule has 21 heavy (non-hydrogen) atoms. The molecule has 1 heterocycles. The van der Waals surface area contributed by atoms with E-state index in [1.807, 2.05) is 19.9 Å². The molecule has 2 amide bonds. The van der Waals surface area contributed by atoms with Crippen LogP contribution >= 0.6 is 0 Å². The number of carbonyl (C=O) groups is 1. The highest BCUT2D eigenvalue weighted by Crippen LogP contribution is 2.44. The predicted molar refractivity (Wildman–Crippen MR) is 81.1 cm³/mol. The molecular weight excluding hydrogens is 266 g/mol. The lowest BCUT2D eigenvalue weighted by molar-refractivity contribution is 0.233. The largest absolute Gasteiger partial charge is 0.335 e. The normalized spacial score (nSPS) is 17.9. The number of carbonyl (C=O) groups excluding carboxylic acids is 1. The van der Waals surface area contributed by atoms with E-state index in [0.717, 1.165) is 11.3 Å². The fourth-order valence-corrected chi connectivity index (χ4v) is 3.00. The second kappa shape index (κ2) is 5.54. The Labute approximate surface area is 124 Å². The van der Waals surface area contributed by atoms with Crippen LogP contribution in [0.1, 0.15) is 42.5 Å². The van der Waals surface area contributed by atoms with E-state index in [1.54, 1.807) is 0 Å². The van der Waals surface area contributed by atoms with Gasteiger partial charge in [-0.25, -0.2) is 4.79 Å². The van der Waals surface area contributed by atoms with Gasteiger partial charge in [0, 0.05) is 17.3 Å². The first-order valence-electron chi connectivity index (χ1n) is 7.78. The maximum Gasteiger partial charge on any atom is 0.315 e. The van der Waals surface area contributed by atoms with Crippen molar-refractivity contribution >= 4 is 6.03 Å². The summed E-state index contributed by atoms with van der Waals surface area (Å²) in [7, 11) is 0. The van der Waals surface area contributed by atoms with Gasteiger partial charge in [0.15, 0.2) is 0 Å². The number of H-pyrrole nitrogens is 1. The topological polar surface area (TPSA) is 74.0 Å². The van der Waals surface area contributed by atoms with Crippen LogP contribution in [0.15, 0.2) is 10.9 Å². The molecular formula is C16H23N3O2. The van der Waals surface area contributed by atoms with E-state index in [2.05, 4.69) is 15.6 Å². The van der Waals surface area contributed by atoms with Gasteiger partial charge in [0.2, 0.25) is 0 Å². The maximum absolute atomic E-state index is 12.0. The first-order chi connectivity index (χ1) is 10.0. The van der Waals surface area contributed by atoms with Crippen molar-refractivity contribution in [3.8, 4) is 0 Å². The highest BCUT2D eigenvalue weighted by atomic mass is 16.2. The second-order valence-corrected chi connectivity index (χ2v) is 6.47. The molecule has 5 nitrogen and oxygen atoms in total. The van der Waals surface area contributed by atoms with Crippen LogP contribution in [0.25, 0.3) is 0 Å². The van der Waals surface area contributed by atoms with Crippen molar-refractivity contribution in [3.63, 3.8) is 0 Å². The molecule has 0 bridgehead atoms. The van der Waals surface area contributed by atoms with Crippen LogP contribution in [0.2, 0.25) is 0 Å². The summed E-state index contributed by atoms with van der Waals surface area (Å²) in [6, 6.07) is 2.11. The lowest BCUT2D eigenvalue weighted by atomic mass is 10.1. The molecule has 1 aromatic rings. The number of amides is 2. The van der Waals surface area contributed by atoms with Gasteiger partial charge in [0.25, 0.3) is 5.56 Å². The number of nitrogens with one attached hydrogen (secondary N) is 3. The van der Waals surface area contributed by atoms with E-state index in [-0.39, 0.29) is 18.1 Å². The average Bonchev–Trinajstić information content (AvgIpc) is 3.26. The summed E-state index contributed by atoms with van der Waals surface area (Å²) in [5.41, 5.74) is 2.27. The van der Waals surface area contributed by atoms with Crippen molar-refractivity contribution in [3.05, 3.63) is 33.2 Å². The molecule has 5 heteroatoms. The zero-order valence-electron chi connectivity index (χ0n) is 12.7. The summed E-state index contributed by atoms with van der Waals surface area (Å²) < 4.78 is 0. The van der Waals surface area contributed by atoms with Crippen LogP contribution in [0.5, 0.6) is 0 Å². The molecule has 0 atom stereocenters. The third-order valence-corrected chi connectivity index (χ3v) is 4.48. The Morgan fingerprint density at radius 2 is 1.90 bits per heavy atom. The van der Waals surface area contributed by atoms with Crippen molar-refractivity contribution in [2.24, 2.45) is 11.8 Å². The van der Waals surface area contributed by atoms with Crippen molar-refractivity contribution in [1.82, 2.24) is 15.6 Å². The van der Waals surface area contributed by atoms with Crippen LogP contribution in [-0.4, -0.2) is 17.1 Å². The molecule has 0 spiro atoms. The van der Waals surface area contributed by atoms with Gasteiger partial charge >= 0.3 is 6.03 Å².